The zero-order valence-electron chi connectivity index (χ0n) is 11.6. The topological polar surface area (TPSA) is 59.0 Å². The second-order valence-corrected chi connectivity index (χ2v) is 5.44. The lowest BCUT2D eigenvalue weighted by atomic mass is 9.96. The summed E-state index contributed by atoms with van der Waals surface area (Å²) in [4.78, 5) is 12.0. The Labute approximate surface area is 112 Å². The van der Waals surface area contributed by atoms with E-state index in [0.29, 0.717) is 5.88 Å². The Morgan fingerprint density at radius 1 is 1.26 bits per heavy atom. The number of aryl methyl sites for hydroxylation is 1. The normalized spacial score (nSPS) is 11.4. The van der Waals surface area contributed by atoms with E-state index in [1.54, 1.807) is 11.7 Å². The van der Waals surface area contributed by atoms with Gasteiger partial charge in [0.25, 0.3) is 0 Å². The fourth-order valence-corrected chi connectivity index (χ4v) is 1.62. The lowest BCUT2D eigenvalue weighted by Crippen LogP contribution is -2.33. The maximum absolute atomic E-state index is 12.0. The van der Waals surface area contributed by atoms with E-state index < -0.39 is 5.41 Å². The van der Waals surface area contributed by atoms with Gasteiger partial charge in [-0.15, -0.1) is 0 Å². The number of aromatic nitrogens is 2. The van der Waals surface area contributed by atoms with Gasteiger partial charge in [-0.2, -0.15) is 0 Å². The molecule has 1 N–H and O–H groups in total. The number of nitrogens with one attached hydrogen (secondary N) is 1. The molecule has 0 bridgehead atoms. The van der Waals surface area contributed by atoms with Gasteiger partial charge in [0, 0.05) is 5.41 Å². The number of nitrogens with zero attached hydrogens (tertiary/aromatic N) is 2. The molecule has 2 rings (SSSR count). The molecule has 0 saturated heterocycles. The van der Waals surface area contributed by atoms with Crippen LogP contribution < -0.4 is 10.00 Å². The number of carbonyl (C=O) groups is 1. The Morgan fingerprint density at radius 2 is 1.89 bits per heavy atom. The van der Waals surface area contributed by atoms with Crippen LogP contribution in [0.3, 0.4) is 0 Å². The van der Waals surface area contributed by atoms with Crippen LogP contribution in [0.15, 0.2) is 34.9 Å². The van der Waals surface area contributed by atoms with Gasteiger partial charge in [0.15, 0.2) is 7.05 Å². The highest BCUT2D eigenvalue weighted by Crippen LogP contribution is 2.25. The minimum absolute atomic E-state index is 0.110. The first-order chi connectivity index (χ1) is 8.89. The highest BCUT2D eigenvalue weighted by molar-refractivity contribution is 5.95. The standard InChI is InChI=1S/C14H17N3O2/c1-14(2,3)13(18)15-12-11(17(4)16-19-12)10-8-6-5-7-9-10/h5-9H,1-4H3/p+1. The van der Waals surface area contributed by atoms with Crippen LogP contribution in [0.5, 0.6) is 0 Å². The number of hydrogen-bond acceptors (Lipinski definition) is 3. The Morgan fingerprint density at radius 3 is 2.47 bits per heavy atom. The van der Waals surface area contributed by atoms with E-state index in [0.717, 1.165) is 11.3 Å². The first-order valence-corrected chi connectivity index (χ1v) is 6.12. The average Bonchev–Trinajstić information content (AvgIpc) is 2.70. The van der Waals surface area contributed by atoms with Crippen molar-refractivity contribution in [3.05, 3.63) is 30.3 Å². The molecule has 2 aromatic rings. The molecule has 0 aliphatic heterocycles. The van der Waals surface area contributed by atoms with Crippen LogP contribution in [0, 0.1) is 5.41 Å². The van der Waals surface area contributed by atoms with Crippen molar-refractivity contribution in [1.82, 2.24) is 5.27 Å². The zero-order chi connectivity index (χ0) is 14.0. The lowest BCUT2D eigenvalue weighted by Gasteiger charge is -2.15. The van der Waals surface area contributed by atoms with Crippen LogP contribution in [0.2, 0.25) is 0 Å². The lowest BCUT2D eigenvalue weighted by molar-refractivity contribution is -0.730. The van der Waals surface area contributed by atoms with Gasteiger partial charge in [0.05, 0.1) is 5.56 Å². The molecule has 0 fully saturated rings. The van der Waals surface area contributed by atoms with Crippen molar-refractivity contribution in [2.45, 2.75) is 20.8 Å². The zero-order valence-corrected chi connectivity index (χ0v) is 11.6. The minimum atomic E-state index is -0.487. The third kappa shape index (κ3) is 2.81. The Balaban J connectivity index is 2.37. The molecular formula is C14H18N3O2+. The number of benzene rings is 1. The highest BCUT2D eigenvalue weighted by Gasteiger charge is 2.29. The third-order valence-corrected chi connectivity index (χ3v) is 2.75. The van der Waals surface area contributed by atoms with Gasteiger partial charge >= 0.3 is 11.6 Å². The monoisotopic (exact) mass is 260 g/mol. The number of carbonyl (C=O) groups excluding carboxylic acids is 1. The van der Waals surface area contributed by atoms with E-state index in [9.17, 15) is 4.79 Å². The predicted molar refractivity (Wildman–Crippen MR) is 71.2 cm³/mol. The summed E-state index contributed by atoms with van der Waals surface area (Å²) >= 11 is 0. The molecule has 0 spiro atoms. The minimum Gasteiger partial charge on any atom is -0.288 e. The molecule has 0 radical (unpaired) electrons. The molecule has 19 heavy (non-hydrogen) atoms. The van der Waals surface area contributed by atoms with Crippen molar-refractivity contribution in [3.8, 4) is 11.3 Å². The summed E-state index contributed by atoms with van der Waals surface area (Å²) in [6, 6.07) is 9.68. The van der Waals surface area contributed by atoms with Crippen LogP contribution in [-0.4, -0.2) is 11.2 Å². The number of rotatable bonds is 2. The number of anilines is 1. The maximum Gasteiger partial charge on any atom is 0.310 e. The van der Waals surface area contributed by atoms with Crippen LogP contribution in [0.1, 0.15) is 20.8 Å². The van der Waals surface area contributed by atoms with Crippen molar-refractivity contribution in [3.63, 3.8) is 0 Å². The van der Waals surface area contributed by atoms with Crippen molar-refractivity contribution in [2.24, 2.45) is 12.5 Å². The van der Waals surface area contributed by atoms with Gasteiger partial charge in [-0.25, -0.2) is 0 Å². The molecule has 1 aromatic heterocycles. The van der Waals surface area contributed by atoms with E-state index in [1.165, 1.54) is 0 Å². The summed E-state index contributed by atoms with van der Waals surface area (Å²) in [5.41, 5.74) is 1.20. The SMILES string of the molecule is C[n+]1noc(NC(=O)C(C)(C)C)c1-c1ccccc1. The molecule has 0 aliphatic rings. The first kappa shape index (κ1) is 13.3. The Hall–Kier alpha value is -2.17. The second-order valence-electron chi connectivity index (χ2n) is 5.44. The van der Waals surface area contributed by atoms with Gasteiger partial charge in [-0.1, -0.05) is 39.0 Å². The van der Waals surface area contributed by atoms with Crippen LogP contribution in [0.4, 0.5) is 5.88 Å². The smallest absolute Gasteiger partial charge is 0.288 e. The van der Waals surface area contributed by atoms with Crippen molar-refractivity contribution < 1.29 is 14.0 Å². The van der Waals surface area contributed by atoms with Gasteiger partial charge in [0.2, 0.25) is 11.2 Å². The molecule has 1 heterocycles. The quantitative estimate of drug-likeness (QED) is 0.842. The molecule has 5 heteroatoms. The molecule has 1 amide bonds. The molecule has 0 saturated carbocycles. The van der Waals surface area contributed by atoms with E-state index in [1.807, 2.05) is 51.1 Å². The summed E-state index contributed by atoms with van der Waals surface area (Å²) in [5, 5.41) is 6.64. The summed E-state index contributed by atoms with van der Waals surface area (Å²) in [6.45, 7) is 5.54. The van der Waals surface area contributed by atoms with Crippen molar-refractivity contribution in [1.29, 1.82) is 0 Å². The van der Waals surface area contributed by atoms with Crippen LogP contribution in [0.25, 0.3) is 11.3 Å². The maximum atomic E-state index is 12.0. The Bertz CT molecular complexity index is 582. The van der Waals surface area contributed by atoms with Gasteiger partial charge in [0.1, 0.15) is 0 Å². The van der Waals surface area contributed by atoms with Gasteiger partial charge in [-0.3, -0.25) is 14.6 Å². The summed E-state index contributed by atoms with van der Waals surface area (Å²) < 4.78 is 6.80. The van der Waals surface area contributed by atoms with E-state index in [-0.39, 0.29) is 5.91 Å². The molecule has 0 atom stereocenters. The molecule has 100 valence electrons. The van der Waals surface area contributed by atoms with Gasteiger partial charge in [-0.05, 0) is 16.8 Å². The molecular weight excluding hydrogens is 242 g/mol. The second kappa shape index (κ2) is 4.84. The summed E-state index contributed by atoms with van der Waals surface area (Å²) in [6.07, 6.45) is 0. The number of hydrogen-bond donors (Lipinski definition) is 1. The van der Waals surface area contributed by atoms with Crippen molar-refractivity contribution in [2.75, 3.05) is 5.32 Å². The Kier molecular flexibility index (Phi) is 3.38. The fourth-order valence-electron chi connectivity index (χ4n) is 1.62. The number of amides is 1. The largest absolute Gasteiger partial charge is 0.310 e. The van der Waals surface area contributed by atoms with E-state index in [2.05, 4.69) is 10.6 Å². The molecule has 0 aliphatic carbocycles. The average molecular weight is 260 g/mol. The molecule has 0 unspecified atom stereocenters. The highest BCUT2D eigenvalue weighted by atomic mass is 16.5. The predicted octanol–water partition coefficient (Wildman–Crippen LogP) is 2.15. The molecule has 1 aromatic carbocycles. The van der Waals surface area contributed by atoms with Crippen LogP contribution in [-0.2, 0) is 11.8 Å². The summed E-state index contributed by atoms with van der Waals surface area (Å²) in [5.74, 6) is 0.259. The summed E-state index contributed by atoms with van der Waals surface area (Å²) in [7, 11) is 1.78. The van der Waals surface area contributed by atoms with E-state index >= 15 is 0 Å². The van der Waals surface area contributed by atoms with Crippen molar-refractivity contribution >= 4 is 11.8 Å². The molecule has 5 nitrogen and oxygen atoms in total. The van der Waals surface area contributed by atoms with Gasteiger partial charge < -0.3 is 0 Å². The first-order valence-electron chi connectivity index (χ1n) is 6.12. The third-order valence-electron chi connectivity index (χ3n) is 2.75. The van der Waals surface area contributed by atoms with E-state index in [4.69, 9.17) is 4.52 Å². The fraction of sp³-hybridized carbons (Fsp3) is 0.357. The van der Waals surface area contributed by atoms with Crippen LogP contribution >= 0.6 is 0 Å².